The van der Waals surface area contributed by atoms with Crippen molar-refractivity contribution in [1.29, 1.82) is 0 Å². The molecule has 0 unspecified atom stereocenters. The number of hydrogen-bond donors (Lipinski definition) is 0. The first-order valence-corrected chi connectivity index (χ1v) is 14.4. The van der Waals surface area contributed by atoms with E-state index in [1.165, 1.54) is 38.0 Å². The Labute approximate surface area is 172 Å². The minimum atomic E-state index is -3.69. The second-order valence-electron chi connectivity index (χ2n) is 5.51. The third kappa shape index (κ3) is 18.4. The van der Waals surface area contributed by atoms with Gasteiger partial charge in [0.15, 0.2) is 0 Å². The van der Waals surface area contributed by atoms with Crippen LogP contribution in [0.4, 0.5) is 0 Å². The molecule has 0 radical (unpaired) electrons. The van der Waals surface area contributed by atoms with Crippen LogP contribution in [0.2, 0.25) is 0 Å². The number of hydrogen-bond acceptors (Lipinski definition) is 5. The Bertz CT molecular complexity index is 202. The fraction of sp³-hybridized carbons (Fsp3) is 1.00. The molecule has 5 nitrogen and oxygen atoms in total. The average Bonchev–Trinajstić information content (AvgIpc) is 2.60. The molecule has 0 bridgehead atoms. The molecule has 0 aliphatic rings. The van der Waals surface area contributed by atoms with Crippen LogP contribution >= 0.6 is 0 Å². The predicted molar refractivity (Wildman–Crippen MR) is 90.4 cm³/mol. The molecule has 0 aromatic heterocycles. The Morgan fingerprint density at radius 2 is 0.958 bits per heavy atom. The summed E-state index contributed by atoms with van der Waals surface area (Å²) in [5.74, 6) is 0. The fourth-order valence-corrected chi connectivity index (χ4v) is 6.29. The van der Waals surface area contributed by atoms with E-state index in [4.69, 9.17) is 14.1 Å². The van der Waals surface area contributed by atoms with Crippen molar-refractivity contribution in [2.75, 3.05) is 33.5 Å². The SMILES string of the molecule is CCCC[O][Zr].CCCC[O][Zr]([O]C)([O]CCCC)[O]CCCC. The van der Waals surface area contributed by atoms with Crippen LogP contribution in [-0.2, 0) is 61.3 Å². The fourth-order valence-electron chi connectivity index (χ4n) is 1.54. The van der Waals surface area contributed by atoms with Gasteiger partial charge in [0.1, 0.15) is 0 Å². The molecule has 0 N–H and O–H groups in total. The van der Waals surface area contributed by atoms with E-state index in [0.29, 0.717) is 19.8 Å². The summed E-state index contributed by atoms with van der Waals surface area (Å²) in [5.41, 5.74) is 0. The van der Waals surface area contributed by atoms with Gasteiger partial charge in [0, 0.05) is 0 Å². The first-order chi connectivity index (χ1) is 11.7. The number of rotatable bonds is 16. The zero-order valence-corrected chi connectivity index (χ0v) is 21.4. The topological polar surface area (TPSA) is 46.2 Å². The third-order valence-electron chi connectivity index (χ3n) is 3.18. The Morgan fingerprint density at radius 3 is 1.17 bits per heavy atom. The van der Waals surface area contributed by atoms with Gasteiger partial charge in [0.05, 0.1) is 0 Å². The first-order valence-electron chi connectivity index (χ1n) is 9.41. The van der Waals surface area contributed by atoms with Crippen molar-refractivity contribution in [2.24, 2.45) is 0 Å². The van der Waals surface area contributed by atoms with Crippen molar-refractivity contribution in [3.63, 3.8) is 0 Å². The van der Waals surface area contributed by atoms with Crippen LogP contribution in [0, 0.1) is 0 Å². The van der Waals surface area contributed by atoms with Crippen LogP contribution in [-0.4, -0.2) is 33.5 Å². The summed E-state index contributed by atoms with van der Waals surface area (Å²) in [6.45, 7) is 11.6. The van der Waals surface area contributed by atoms with Crippen molar-refractivity contribution in [1.82, 2.24) is 0 Å². The van der Waals surface area contributed by atoms with Gasteiger partial charge in [-0.2, -0.15) is 0 Å². The molecule has 0 spiro atoms. The summed E-state index contributed by atoms with van der Waals surface area (Å²) in [6, 6.07) is 0. The minimum absolute atomic E-state index is 0.679. The maximum absolute atomic E-state index is 5.86. The predicted octanol–water partition coefficient (Wildman–Crippen LogP) is 5.16. The van der Waals surface area contributed by atoms with E-state index in [0.717, 1.165) is 45.1 Å². The van der Waals surface area contributed by atoms with Crippen molar-refractivity contribution in [3.05, 3.63) is 0 Å². The van der Waals surface area contributed by atoms with Crippen LogP contribution < -0.4 is 0 Å². The van der Waals surface area contributed by atoms with Gasteiger partial charge in [0.25, 0.3) is 0 Å². The molecule has 145 valence electrons. The molecular formula is C17H39O5Zr2. The summed E-state index contributed by atoms with van der Waals surface area (Å²) >= 11 is -2.49. The van der Waals surface area contributed by atoms with E-state index < -0.39 is 22.0 Å². The van der Waals surface area contributed by atoms with E-state index in [-0.39, 0.29) is 0 Å². The van der Waals surface area contributed by atoms with Gasteiger partial charge in [-0.25, -0.2) is 0 Å². The van der Waals surface area contributed by atoms with Gasteiger partial charge in [-0.3, -0.25) is 0 Å². The average molecular weight is 506 g/mol. The molecule has 0 fully saturated rings. The normalized spacial score (nSPS) is 11.2. The van der Waals surface area contributed by atoms with Crippen molar-refractivity contribution in [2.45, 2.75) is 79.1 Å². The number of unbranched alkanes of at least 4 members (excludes halogenated alkanes) is 4. The summed E-state index contributed by atoms with van der Waals surface area (Å²) in [4.78, 5) is 0. The Balaban J connectivity index is 0. The third-order valence-corrected chi connectivity index (χ3v) is 9.02. The first kappa shape index (κ1) is 27.8. The second-order valence-corrected chi connectivity index (χ2v) is 11.8. The molecule has 7 heteroatoms. The van der Waals surface area contributed by atoms with Crippen molar-refractivity contribution in [3.8, 4) is 0 Å². The van der Waals surface area contributed by atoms with E-state index in [2.05, 4.69) is 27.7 Å². The van der Waals surface area contributed by atoms with Gasteiger partial charge in [-0.15, -0.1) is 0 Å². The molecule has 0 saturated carbocycles. The zero-order valence-electron chi connectivity index (χ0n) is 16.5. The second kappa shape index (κ2) is 22.6. The molecule has 0 amide bonds. The summed E-state index contributed by atoms with van der Waals surface area (Å²) in [7, 11) is 1.65. The van der Waals surface area contributed by atoms with Crippen LogP contribution in [0.25, 0.3) is 0 Å². The molecule has 0 aliphatic heterocycles. The van der Waals surface area contributed by atoms with Crippen LogP contribution in [0.3, 0.4) is 0 Å². The maximum atomic E-state index is 5.86. The van der Waals surface area contributed by atoms with Gasteiger partial charge >= 0.3 is 174 Å². The zero-order chi connectivity index (χ0) is 18.5. The molecule has 0 aromatic carbocycles. The molecule has 24 heavy (non-hydrogen) atoms. The van der Waals surface area contributed by atoms with Crippen LogP contribution in [0.15, 0.2) is 0 Å². The molecule has 0 aromatic rings. The van der Waals surface area contributed by atoms with Gasteiger partial charge in [0.2, 0.25) is 0 Å². The quantitative estimate of drug-likeness (QED) is 0.271. The molecule has 0 atom stereocenters. The van der Waals surface area contributed by atoms with Crippen molar-refractivity contribution < 1.29 is 61.3 Å². The van der Waals surface area contributed by atoms with Gasteiger partial charge in [-0.05, 0) is 0 Å². The monoisotopic (exact) mass is 503 g/mol. The van der Waals surface area contributed by atoms with E-state index >= 15 is 0 Å². The Kier molecular flexibility index (Phi) is 26.2. The van der Waals surface area contributed by atoms with E-state index in [9.17, 15) is 0 Å². The summed E-state index contributed by atoms with van der Waals surface area (Å²) < 4.78 is 28.0. The molecule has 0 heterocycles. The Morgan fingerprint density at radius 1 is 0.625 bits per heavy atom. The standard InChI is InChI=1S/4C4H9O.CH3O.2Zr/c4*1-2-3-4-5;1-2;;/h4*2-4H2,1H3;1H3;;/q5*-1;+1;+4. The van der Waals surface area contributed by atoms with Gasteiger partial charge in [-0.1, -0.05) is 0 Å². The summed E-state index contributed by atoms with van der Waals surface area (Å²) in [5, 5.41) is 0. The van der Waals surface area contributed by atoms with Crippen LogP contribution in [0.1, 0.15) is 79.1 Å². The van der Waals surface area contributed by atoms with Crippen molar-refractivity contribution >= 4 is 0 Å². The molecule has 0 rings (SSSR count). The molecule has 0 aliphatic carbocycles. The molecular weight excluding hydrogens is 467 g/mol. The van der Waals surface area contributed by atoms with E-state index in [1.54, 1.807) is 7.11 Å². The van der Waals surface area contributed by atoms with E-state index in [1.807, 2.05) is 0 Å². The molecule has 0 saturated heterocycles. The summed E-state index contributed by atoms with van der Waals surface area (Å²) in [6.07, 6.45) is 8.85. The van der Waals surface area contributed by atoms with Gasteiger partial charge < -0.3 is 0 Å². The van der Waals surface area contributed by atoms with Crippen LogP contribution in [0.5, 0.6) is 0 Å². The Hall–Kier alpha value is 1.57.